The molecule has 1 rings (SSSR count). The van der Waals surface area contributed by atoms with Crippen LogP contribution in [0.2, 0.25) is 0 Å². The zero-order chi connectivity index (χ0) is 11.4. The summed E-state index contributed by atoms with van der Waals surface area (Å²) in [5.74, 6) is -1.87. The van der Waals surface area contributed by atoms with E-state index in [0.717, 1.165) is 12.1 Å². The molecular formula is C9H9BrF2N2O. The Morgan fingerprint density at radius 2 is 2.13 bits per heavy atom. The Kier molecular flexibility index (Phi) is 4.02. The van der Waals surface area contributed by atoms with Gasteiger partial charge in [-0.1, -0.05) is 0 Å². The monoisotopic (exact) mass is 278 g/mol. The van der Waals surface area contributed by atoms with Crippen LogP contribution in [0.1, 0.15) is 6.42 Å². The Morgan fingerprint density at radius 1 is 1.47 bits per heavy atom. The van der Waals surface area contributed by atoms with Gasteiger partial charge in [0.25, 0.3) is 0 Å². The van der Waals surface area contributed by atoms with Gasteiger partial charge in [-0.05, 0) is 22.0 Å². The molecule has 3 nitrogen and oxygen atoms in total. The van der Waals surface area contributed by atoms with Gasteiger partial charge in [0.1, 0.15) is 11.6 Å². The van der Waals surface area contributed by atoms with Gasteiger partial charge < -0.3 is 11.1 Å². The number of nitrogens with one attached hydrogen (secondary N) is 1. The number of carbonyl (C=O) groups excluding carboxylic acids is 1. The highest BCUT2D eigenvalue weighted by molar-refractivity contribution is 9.10. The molecular weight excluding hydrogens is 270 g/mol. The summed E-state index contributed by atoms with van der Waals surface area (Å²) in [7, 11) is 0. The third kappa shape index (κ3) is 3.47. The number of rotatable bonds is 4. The molecule has 0 aliphatic carbocycles. The van der Waals surface area contributed by atoms with Gasteiger partial charge in [0.05, 0.1) is 5.69 Å². The Labute approximate surface area is 93.8 Å². The maximum atomic E-state index is 13.2. The van der Waals surface area contributed by atoms with Crippen LogP contribution in [0, 0.1) is 11.6 Å². The molecule has 0 fully saturated rings. The number of carbonyl (C=O) groups is 1. The number of hydrogen-bond donors (Lipinski definition) is 2. The maximum Gasteiger partial charge on any atom is 0.219 e. The van der Waals surface area contributed by atoms with E-state index in [0.29, 0.717) is 0 Å². The maximum absolute atomic E-state index is 13.2. The van der Waals surface area contributed by atoms with Crippen molar-refractivity contribution in [2.24, 2.45) is 5.73 Å². The van der Waals surface area contributed by atoms with Crippen molar-refractivity contribution >= 4 is 27.5 Å². The van der Waals surface area contributed by atoms with E-state index in [1.807, 2.05) is 0 Å². The summed E-state index contributed by atoms with van der Waals surface area (Å²) in [6, 6.07) is 1.90. The van der Waals surface area contributed by atoms with E-state index in [-0.39, 0.29) is 23.1 Å². The zero-order valence-corrected chi connectivity index (χ0v) is 9.27. The van der Waals surface area contributed by atoms with Crippen LogP contribution < -0.4 is 11.1 Å². The number of anilines is 1. The van der Waals surface area contributed by atoms with E-state index in [9.17, 15) is 13.6 Å². The molecule has 15 heavy (non-hydrogen) atoms. The molecule has 6 heteroatoms. The second-order valence-corrected chi connectivity index (χ2v) is 3.74. The first-order valence-corrected chi connectivity index (χ1v) is 4.96. The third-order valence-corrected chi connectivity index (χ3v) is 2.31. The van der Waals surface area contributed by atoms with Crippen LogP contribution in [-0.2, 0) is 4.79 Å². The van der Waals surface area contributed by atoms with Gasteiger partial charge >= 0.3 is 0 Å². The van der Waals surface area contributed by atoms with E-state index < -0.39 is 17.5 Å². The minimum atomic E-state index is -0.716. The molecule has 0 heterocycles. The van der Waals surface area contributed by atoms with Crippen molar-refractivity contribution in [2.45, 2.75) is 6.42 Å². The predicted molar refractivity (Wildman–Crippen MR) is 56.4 cm³/mol. The van der Waals surface area contributed by atoms with Crippen LogP contribution in [0.25, 0.3) is 0 Å². The normalized spacial score (nSPS) is 10.1. The topological polar surface area (TPSA) is 55.1 Å². The molecule has 1 aromatic carbocycles. The molecule has 0 spiro atoms. The molecule has 1 amide bonds. The highest BCUT2D eigenvalue weighted by Gasteiger charge is 2.08. The summed E-state index contributed by atoms with van der Waals surface area (Å²) >= 11 is 3.01. The van der Waals surface area contributed by atoms with Crippen molar-refractivity contribution in [2.75, 3.05) is 11.9 Å². The van der Waals surface area contributed by atoms with Crippen molar-refractivity contribution in [1.82, 2.24) is 0 Å². The molecule has 0 radical (unpaired) electrons. The molecule has 0 saturated carbocycles. The molecule has 3 N–H and O–H groups in total. The van der Waals surface area contributed by atoms with Gasteiger partial charge in [-0.2, -0.15) is 0 Å². The van der Waals surface area contributed by atoms with Crippen LogP contribution in [-0.4, -0.2) is 12.5 Å². The SMILES string of the molecule is NC(=O)CCNc1c(F)cc(F)cc1Br. The first kappa shape index (κ1) is 11.9. The van der Waals surface area contributed by atoms with Crippen LogP contribution in [0.15, 0.2) is 16.6 Å². The summed E-state index contributed by atoms with van der Waals surface area (Å²) < 4.78 is 26.1. The van der Waals surface area contributed by atoms with E-state index in [1.54, 1.807) is 0 Å². The lowest BCUT2D eigenvalue weighted by Gasteiger charge is -2.08. The molecule has 0 aromatic heterocycles. The van der Waals surface area contributed by atoms with Crippen molar-refractivity contribution < 1.29 is 13.6 Å². The standard InChI is InChI=1S/C9H9BrF2N2O/c10-6-3-5(11)4-7(12)9(6)14-2-1-8(13)15/h3-4,14H,1-2H2,(H2,13,15). The minimum Gasteiger partial charge on any atom is -0.381 e. The smallest absolute Gasteiger partial charge is 0.219 e. The van der Waals surface area contributed by atoms with E-state index in [4.69, 9.17) is 5.73 Å². The molecule has 0 atom stereocenters. The number of hydrogen-bond acceptors (Lipinski definition) is 2. The minimum absolute atomic E-state index is 0.0866. The Balaban J connectivity index is 2.72. The largest absolute Gasteiger partial charge is 0.381 e. The number of nitrogens with two attached hydrogens (primary N) is 1. The molecule has 82 valence electrons. The lowest BCUT2D eigenvalue weighted by Crippen LogP contribution is -2.16. The lowest BCUT2D eigenvalue weighted by atomic mass is 10.3. The molecule has 0 aliphatic heterocycles. The van der Waals surface area contributed by atoms with Crippen LogP contribution in [0.3, 0.4) is 0 Å². The first-order chi connectivity index (χ1) is 7.00. The average molecular weight is 279 g/mol. The number of benzene rings is 1. The number of primary amides is 1. The molecule has 1 aromatic rings. The van der Waals surface area contributed by atoms with Crippen LogP contribution >= 0.6 is 15.9 Å². The quantitative estimate of drug-likeness (QED) is 0.885. The fraction of sp³-hybridized carbons (Fsp3) is 0.222. The van der Waals surface area contributed by atoms with Crippen molar-refractivity contribution in [3.05, 3.63) is 28.2 Å². The van der Waals surface area contributed by atoms with E-state index in [1.165, 1.54) is 0 Å². The van der Waals surface area contributed by atoms with Crippen LogP contribution in [0.5, 0.6) is 0 Å². The number of amides is 1. The van der Waals surface area contributed by atoms with Gasteiger partial charge in [0, 0.05) is 23.5 Å². The van der Waals surface area contributed by atoms with Crippen molar-refractivity contribution in [3.63, 3.8) is 0 Å². The first-order valence-electron chi connectivity index (χ1n) is 4.17. The zero-order valence-electron chi connectivity index (χ0n) is 7.69. The summed E-state index contributed by atoms with van der Waals surface area (Å²) in [5.41, 5.74) is 5.04. The van der Waals surface area contributed by atoms with Crippen LogP contribution in [0.4, 0.5) is 14.5 Å². The van der Waals surface area contributed by atoms with Gasteiger partial charge in [-0.25, -0.2) is 8.78 Å². The van der Waals surface area contributed by atoms with E-state index in [2.05, 4.69) is 21.2 Å². The fourth-order valence-corrected chi connectivity index (χ4v) is 1.57. The summed E-state index contributed by atoms with van der Waals surface area (Å²) in [4.78, 5) is 10.4. The second kappa shape index (κ2) is 5.06. The summed E-state index contributed by atoms with van der Waals surface area (Å²) in [5, 5.41) is 2.65. The predicted octanol–water partition coefficient (Wildman–Crippen LogP) is 2.01. The van der Waals surface area contributed by atoms with Gasteiger partial charge in [-0.15, -0.1) is 0 Å². The highest BCUT2D eigenvalue weighted by atomic mass is 79.9. The third-order valence-electron chi connectivity index (χ3n) is 1.68. The average Bonchev–Trinajstić information content (AvgIpc) is 2.08. The Morgan fingerprint density at radius 3 is 2.67 bits per heavy atom. The summed E-state index contributed by atoms with van der Waals surface area (Å²) in [6.45, 7) is 0.205. The molecule has 0 saturated heterocycles. The van der Waals surface area contributed by atoms with Gasteiger partial charge in [-0.3, -0.25) is 4.79 Å². The fourth-order valence-electron chi connectivity index (χ4n) is 1.02. The van der Waals surface area contributed by atoms with Crippen molar-refractivity contribution in [1.29, 1.82) is 0 Å². The lowest BCUT2D eigenvalue weighted by molar-refractivity contribution is -0.117. The Hall–Kier alpha value is -1.17. The van der Waals surface area contributed by atoms with Gasteiger partial charge in [0.15, 0.2) is 0 Å². The Bertz CT molecular complexity index is 361. The number of halogens is 3. The molecule has 0 unspecified atom stereocenters. The second-order valence-electron chi connectivity index (χ2n) is 2.89. The molecule has 0 aliphatic rings. The van der Waals surface area contributed by atoms with Crippen molar-refractivity contribution in [3.8, 4) is 0 Å². The highest BCUT2D eigenvalue weighted by Crippen LogP contribution is 2.26. The van der Waals surface area contributed by atoms with Gasteiger partial charge in [0.2, 0.25) is 5.91 Å². The molecule has 0 bridgehead atoms. The van der Waals surface area contributed by atoms with E-state index >= 15 is 0 Å². The summed E-state index contributed by atoms with van der Waals surface area (Å²) in [6.07, 6.45) is 0.0866.